The van der Waals surface area contributed by atoms with Gasteiger partial charge in [0.15, 0.2) is 5.65 Å². The fourth-order valence-electron chi connectivity index (χ4n) is 3.70. The van der Waals surface area contributed by atoms with Crippen molar-refractivity contribution in [2.75, 3.05) is 0 Å². The monoisotopic (exact) mass is 346 g/mol. The molecular weight excluding hydrogens is 328 g/mol. The highest BCUT2D eigenvalue weighted by molar-refractivity contribution is 6.12. The van der Waals surface area contributed by atoms with E-state index in [1.54, 1.807) is 0 Å². The van der Waals surface area contributed by atoms with Crippen LogP contribution in [0.5, 0.6) is 0 Å². The van der Waals surface area contributed by atoms with Gasteiger partial charge in [0.05, 0.1) is 0 Å². The zero-order chi connectivity index (χ0) is 18.2. The predicted molar refractivity (Wildman–Crippen MR) is 113 cm³/mol. The molecule has 5 aromatic rings. The van der Waals surface area contributed by atoms with E-state index in [0.717, 1.165) is 22.1 Å². The van der Waals surface area contributed by atoms with Gasteiger partial charge in [0.1, 0.15) is 0 Å². The van der Waals surface area contributed by atoms with Crippen molar-refractivity contribution in [2.24, 2.45) is 0 Å². The molecule has 0 saturated heterocycles. The van der Waals surface area contributed by atoms with Crippen LogP contribution in [0.15, 0.2) is 91.1 Å². The lowest BCUT2D eigenvalue weighted by molar-refractivity contribution is 1.21. The maximum absolute atomic E-state index is 4.68. The fourth-order valence-corrected chi connectivity index (χ4v) is 3.70. The molecule has 0 amide bonds. The molecule has 128 valence electrons. The van der Waals surface area contributed by atoms with Crippen molar-refractivity contribution in [3.63, 3.8) is 0 Å². The van der Waals surface area contributed by atoms with Crippen molar-refractivity contribution in [3.05, 3.63) is 96.8 Å². The smallest absolute Gasteiger partial charge is 0.160 e. The Morgan fingerprint density at radius 1 is 0.667 bits per heavy atom. The third-order valence-electron chi connectivity index (χ3n) is 4.97. The van der Waals surface area contributed by atoms with Crippen LogP contribution in [0, 0.1) is 6.92 Å². The van der Waals surface area contributed by atoms with Gasteiger partial charge in [-0.1, -0.05) is 72.8 Å². The van der Waals surface area contributed by atoms with Crippen molar-refractivity contribution < 1.29 is 0 Å². The van der Waals surface area contributed by atoms with Gasteiger partial charge in [-0.3, -0.25) is 0 Å². The highest BCUT2D eigenvalue weighted by Gasteiger charge is 2.12. The van der Waals surface area contributed by atoms with Crippen molar-refractivity contribution >= 4 is 21.8 Å². The Balaban J connectivity index is 1.82. The normalized spacial score (nSPS) is 11.1. The third-order valence-corrected chi connectivity index (χ3v) is 4.97. The van der Waals surface area contributed by atoms with Crippen LogP contribution in [0.4, 0.5) is 0 Å². The molecule has 0 aliphatic heterocycles. The summed E-state index contributed by atoms with van der Waals surface area (Å²) in [7, 11) is 0. The van der Waals surface area contributed by atoms with Gasteiger partial charge < -0.3 is 0 Å². The first-order valence-electron chi connectivity index (χ1n) is 9.10. The van der Waals surface area contributed by atoms with E-state index in [1.807, 2.05) is 25.3 Å². The van der Waals surface area contributed by atoms with Crippen LogP contribution in [0.3, 0.4) is 0 Å². The fraction of sp³-hybridized carbons (Fsp3) is 0.0400. The number of aryl methyl sites for hydroxylation is 1. The van der Waals surface area contributed by atoms with Gasteiger partial charge in [-0.05, 0) is 46.7 Å². The van der Waals surface area contributed by atoms with Crippen LogP contribution in [-0.4, -0.2) is 9.97 Å². The Morgan fingerprint density at radius 3 is 2.11 bits per heavy atom. The second-order valence-electron chi connectivity index (χ2n) is 6.80. The minimum absolute atomic E-state index is 0.800. The summed E-state index contributed by atoms with van der Waals surface area (Å²) in [5, 5.41) is 3.43. The summed E-state index contributed by atoms with van der Waals surface area (Å²) in [6, 6.07) is 29.7. The first-order chi connectivity index (χ1) is 13.3. The molecule has 0 bridgehead atoms. The minimum atomic E-state index is 0.800. The van der Waals surface area contributed by atoms with Gasteiger partial charge in [-0.15, -0.1) is 0 Å². The molecule has 3 aromatic carbocycles. The molecule has 0 N–H and O–H groups in total. The van der Waals surface area contributed by atoms with E-state index in [0.29, 0.717) is 0 Å². The lowest BCUT2D eigenvalue weighted by atomic mass is 9.96. The maximum atomic E-state index is 4.68. The number of benzene rings is 3. The van der Waals surface area contributed by atoms with Crippen molar-refractivity contribution in [1.29, 1.82) is 0 Å². The topological polar surface area (TPSA) is 25.8 Å². The molecule has 0 unspecified atom stereocenters. The zero-order valence-electron chi connectivity index (χ0n) is 15.1. The second kappa shape index (κ2) is 6.33. The maximum Gasteiger partial charge on any atom is 0.160 e. The number of fused-ring (bicyclic) bond motifs is 3. The van der Waals surface area contributed by atoms with Gasteiger partial charge in [0, 0.05) is 22.7 Å². The summed E-state index contributed by atoms with van der Waals surface area (Å²) < 4.78 is 0. The predicted octanol–water partition coefficient (Wildman–Crippen LogP) is 6.43. The number of hydrogen-bond donors (Lipinski definition) is 0. The number of rotatable bonds is 2. The average molecular weight is 346 g/mol. The van der Waals surface area contributed by atoms with Gasteiger partial charge in [-0.25, -0.2) is 9.97 Å². The van der Waals surface area contributed by atoms with E-state index >= 15 is 0 Å². The molecule has 2 nitrogen and oxygen atoms in total. The Hall–Kier alpha value is -3.52. The summed E-state index contributed by atoms with van der Waals surface area (Å²) in [6.07, 6.45) is 1.94. The van der Waals surface area contributed by atoms with E-state index in [-0.39, 0.29) is 0 Å². The molecule has 0 aliphatic rings. The highest BCUT2D eigenvalue weighted by atomic mass is 14.8. The van der Waals surface area contributed by atoms with E-state index < -0.39 is 0 Å². The molecule has 0 radical (unpaired) electrons. The van der Waals surface area contributed by atoms with Gasteiger partial charge >= 0.3 is 0 Å². The number of pyridine rings is 2. The highest BCUT2D eigenvalue weighted by Crippen LogP contribution is 2.34. The quantitative estimate of drug-likeness (QED) is 0.344. The molecule has 0 atom stereocenters. The number of aromatic nitrogens is 2. The van der Waals surface area contributed by atoms with E-state index in [1.165, 1.54) is 27.6 Å². The van der Waals surface area contributed by atoms with E-state index in [2.05, 4.69) is 82.8 Å². The minimum Gasteiger partial charge on any atom is -0.236 e. The van der Waals surface area contributed by atoms with Crippen LogP contribution < -0.4 is 0 Å². The summed E-state index contributed by atoms with van der Waals surface area (Å²) in [5.74, 6) is 0. The molecule has 0 spiro atoms. The van der Waals surface area contributed by atoms with Crippen LogP contribution in [0.1, 0.15) is 5.69 Å². The second-order valence-corrected chi connectivity index (χ2v) is 6.80. The molecule has 0 saturated carbocycles. The third kappa shape index (κ3) is 2.76. The van der Waals surface area contributed by atoms with Crippen molar-refractivity contribution in [1.82, 2.24) is 9.97 Å². The molecule has 0 aliphatic carbocycles. The van der Waals surface area contributed by atoms with E-state index in [4.69, 9.17) is 0 Å². The standard InChI is InChI=1S/C25H18N2/c1-17-14-23(19-10-6-3-7-11-19)24-22-13-12-20(18-8-4-2-5-9-18)15-21(22)16-26-25(24)27-17/h2-16H,1H3. The Bertz CT molecular complexity index is 1260. The molecule has 2 heterocycles. The molecule has 5 rings (SSSR count). The summed E-state index contributed by atoms with van der Waals surface area (Å²) in [6.45, 7) is 2.02. The van der Waals surface area contributed by atoms with Crippen molar-refractivity contribution in [3.8, 4) is 22.3 Å². The van der Waals surface area contributed by atoms with Gasteiger partial charge in [0.2, 0.25) is 0 Å². The number of hydrogen-bond acceptors (Lipinski definition) is 2. The summed E-state index contributed by atoms with van der Waals surface area (Å²) >= 11 is 0. The van der Waals surface area contributed by atoms with Crippen LogP contribution in [-0.2, 0) is 0 Å². The Labute approximate surface area is 158 Å². The first-order valence-corrected chi connectivity index (χ1v) is 9.10. The lowest BCUT2D eigenvalue weighted by Crippen LogP contribution is -1.93. The van der Waals surface area contributed by atoms with Crippen molar-refractivity contribution in [2.45, 2.75) is 6.92 Å². The zero-order valence-corrected chi connectivity index (χ0v) is 15.1. The first kappa shape index (κ1) is 15.7. The molecule has 2 aromatic heterocycles. The van der Waals surface area contributed by atoms with Gasteiger partial charge in [-0.2, -0.15) is 0 Å². The van der Waals surface area contributed by atoms with Gasteiger partial charge in [0.25, 0.3) is 0 Å². The van der Waals surface area contributed by atoms with Crippen LogP contribution in [0.25, 0.3) is 44.1 Å². The average Bonchev–Trinajstić information content (AvgIpc) is 2.73. The Morgan fingerprint density at radius 2 is 1.37 bits per heavy atom. The van der Waals surface area contributed by atoms with E-state index in [9.17, 15) is 0 Å². The van der Waals surface area contributed by atoms with Crippen LogP contribution >= 0.6 is 0 Å². The summed E-state index contributed by atoms with van der Waals surface area (Å²) in [5.41, 5.74) is 6.57. The lowest BCUT2D eigenvalue weighted by Gasteiger charge is -2.11. The summed E-state index contributed by atoms with van der Waals surface area (Å²) in [4.78, 5) is 9.36. The molecule has 27 heavy (non-hydrogen) atoms. The molecular formula is C25H18N2. The van der Waals surface area contributed by atoms with Crippen LogP contribution in [0.2, 0.25) is 0 Å². The Kier molecular flexibility index (Phi) is 3.68. The molecule has 2 heteroatoms. The molecule has 0 fully saturated rings. The SMILES string of the molecule is Cc1cc(-c2ccccc2)c2c(ncc3cc(-c4ccccc4)ccc32)n1. The largest absolute Gasteiger partial charge is 0.236 e. The number of nitrogens with zero attached hydrogens (tertiary/aromatic N) is 2.